The average Bonchev–Trinajstić information content (AvgIpc) is 3.17. The van der Waals surface area contributed by atoms with Crippen LogP contribution in [0, 0.1) is 0 Å². The summed E-state index contributed by atoms with van der Waals surface area (Å²) in [6, 6.07) is 13.3. The Bertz CT molecular complexity index is 729. The number of anilines is 1. The molecule has 4 rings (SSSR count). The molecule has 0 aliphatic carbocycles. The zero-order valence-corrected chi connectivity index (χ0v) is 16.3. The number of quaternary nitrogens is 1. The fourth-order valence-corrected chi connectivity index (χ4v) is 5.21. The van der Waals surface area contributed by atoms with Crippen LogP contribution in [0.15, 0.2) is 47.2 Å². The molecule has 4 nitrogen and oxygen atoms in total. The number of carbonyl (C=O) groups excluding carboxylic acids is 1. The predicted octanol–water partition coefficient (Wildman–Crippen LogP) is 4.66. The van der Waals surface area contributed by atoms with E-state index in [9.17, 15) is 4.79 Å². The molecule has 1 aromatic heterocycles. The molecule has 0 saturated carbocycles. The Morgan fingerprint density at radius 1 is 1.15 bits per heavy atom. The van der Waals surface area contributed by atoms with E-state index in [0.29, 0.717) is 18.6 Å². The number of rotatable bonds is 4. The lowest BCUT2D eigenvalue weighted by atomic mass is 9.98. The highest BCUT2D eigenvalue weighted by atomic mass is 32.1. The van der Waals surface area contributed by atoms with Gasteiger partial charge in [0.1, 0.15) is 6.10 Å². The van der Waals surface area contributed by atoms with Crippen LogP contribution >= 0.6 is 11.3 Å². The maximum Gasteiger partial charge on any atom is 0.414 e. The van der Waals surface area contributed by atoms with Gasteiger partial charge in [-0.25, -0.2) is 4.79 Å². The second kappa shape index (κ2) is 7.05. The zero-order chi connectivity index (χ0) is 18.1. The van der Waals surface area contributed by atoms with Gasteiger partial charge in [0, 0.05) is 31.1 Å². The number of benzene rings is 1. The highest BCUT2D eigenvalue weighted by Gasteiger charge is 2.50. The van der Waals surface area contributed by atoms with Crippen molar-refractivity contribution in [3.8, 4) is 0 Å². The number of hydrogen-bond donors (Lipinski definition) is 0. The number of thiophene rings is 1. The lowest BCUT2D eigenvalue weighted by Gasteiger charge is -2.44. The molecule has 0 N–H and O–H groups in total. The predicted molar refractivity (Wildman–Crippen MR) is 105 cm³/mol. The fourth-order valence-electron chi connectivity index (χ4n) is 4.57. The van der Waals surface area contributed by atoms with Gasteiger partial charge in [0.15, 0.2) is 0 Å². The van der Waals surface area contributed by atoms with Crippen molar-refractivity contribution in [2.75, 3.05) is 19.0 Å². The van der Waals surface area contributed by atoms with Crippen LogP contribution in [-0.2, 0) is 11.3 Å². The molecule has 3 heterocycles. The topological polar surface area (TPSA) is 29.5 Å². The number of ether oxygens (including phenoxy) is 1. The Labute approximate surface area is 159 Å². The third-order valence-electron chi connectivity index (χ3n) is 6.27. The fraction of sp³-hybridized carbons (Fsp3) is 0.476. The lowest BCUT2D eigenvalue weighted by molar-refractivity contribution is -0.931. The Hall–Kier alpha value is -1.85. The maximum absolute atomic E-state index is 13.0. The second-order valence-electron chi connectivity index (χ2n) is 8.04. The summed E-state index contributed by atoms with van der Waals surface area (Å²) in [7, 11) is 4.65. The standard InChI is InChI=1S/C21H27N2O2S/c1-23(2)18-8-9-19(23)13-20(12-18)25-21(24)22(17-10-11-26-15-17)14-16-6-4-3-5-7-16/h3-7,10-11,15,18-20H,8-9,12-14H2,1-2H3/q+1/t18-,19+,20?. The smallest absolute Gasteiger partial charge is 0.414 e. The van der Waals surface area contributed by atoms with Crippen molar-refractivity contribution in [2.45, 2.75) is 50.4 Å². The van der Waals surface area contributed by atoms with Gasteiger partial charge >= 0.3 is 6.09 Å². The van der Waals surface area contributed by atoms with E-state index in [4.69, 9.17) is 4.74 Å². The molecular weight excluding hydrogens is 344 g/mol. The van der Waals surface area contributed by atoms with Gasteiger partial charge in [-0.15, -0.1) is 0 Å². The Balaban J connectivity index is 1.47. The summed E-state index contributed by atoms with van der Waals surface area (Å²) < 4.78 is 7.09. The summed E-state index contributed by atoms with van der Waals surface area (Å²) in [6.07, 6.45) is 4.30. The Kier molecular flexibility index (Phi) is 4.76. The monoisotopic (exact) mass is 371 g/mol. The molecule has 26 heavy (non-hydrogen) atoms. The van der Waals surface area contributed by atoms with E-state index >= 15 is 0 Å². The van der Waals surface area contributed by atoms with Crippen molar-refractivity contribution < 1.29 is 14.0 Å². The molecule has 5 heteroatoms. The SMILES string of the molecule is C[N+]1(C)[C@@H]2CC[C@H]1CC(OC(=O)N(Cc1ccccc1)c1ccsc1)C2. The number of piperidine rings is 1. The van der Waals surface area contributed by atoms with E-state index in [1.165, 1.54) is 12.8 Å². The minimum Gasteiger partial charge on any atom is -0.445 e. The van der Waals surface area contributed by atoms with Crippen molar-refractivity contribution in [3.05, 3.63) is 52.7 Å². The summed E-state index contributed by atoms with van der Waals surface area (Å²) in [5.74, 6) is 0. The summed E-state index contributed by atoms with van der Waals surface area (Å²) >= 11 is 1.60. The molecule has 2 aliphatic heterocycles. The van der Waals surface area contributed by atoms with E-state index in [1.54, 1.807) is 16.2 Å². The molecule has 138 valence electrons. The van der Waals surface area contributed by atoms with Crippen LogP contribution in [0.3, 0.4) is 0 Å². The number of fused-ring (bicyclic) bond motifs is 2. The van der Waals surface area contributed by atoms with Crippen molar-refractivity contribution in [2.24, 2.45) is 0 Å². The first-order valence-corrected chi connectivity index (χ1v) is 10.4. The van der Waals surface area contributed by atoms with Gasteiger partial charge in [-0.1, -0.05) is 30.3 Å². The summed E-state index contributed by atoms with van der Waals surface area (Å²) in [4.78, 5) is 14.8. The van der Waals surface area contributed by atoms with E-state index in [1.807, 2.05) is 47.2 Å². The molecule has 2 bridgehead atoms. The second-order valence-corrected chi connectivity index (χ2v) is 8.82. The molecule has 1 amide bonds. The van der Waals surface area contributed by atoms with Gasteiger partial charge in [-0.05, 0) is 17.0 Å². The highest BCUT2D eigenvalue weighted by Crippen LogP contribution is 2.40. The quantitative estimate of drug-likeness (QED) is 0.732. The summed E-state index contributed by atoms with van der Waals surface area (Å²) in [5.41, 5.74) is 2.02. The molecule has 3 atom stereocenters. The number of hydrogen-bond acceptors (Lipinski definition) is 3. The largest absolute Gasteiger partial charge is 0.445 e. The van der Waals surface area contributed by atoms with Gasteiger partial charge in [-0.2, -0.15) is 11.3 Å². The molecule has 0 spiro atoms. The van der Waals surface area contributed by atoms with Crippen LogP contribution in [0.1, 0.15) is 31.2 Å². The van der Waals surface area contributed by atoms with Crippen LogP contribution in [0.4, 0.5) is 10.5 Å². The number of carbonyl (C=O) groups is 1. The van der Waals surface area contributed by atoms with Crippen molar-refractivity contribution in [3.63, 3.8) is 0 Å². The average molecular weight is 372 g/mol. The Morgan fingerprint density at radius 3 is 2.46 bits per heavy atom. The van der Waals surface area contributed by atoms with Gasteiger partial charge in [0.25, 0.3) is 0 Å². The summed E-state index contributed by atoms with van der Waals surface area (Å²) in [5, 5.41) is 4.01. The van der Waals surface area contributed by atoms with Gasteiger partial charge < -0.3 is 9.22 Å². The normalized spacial score (nSPS) is 26.5. The number of nitrogens with zero attached hydrogens (tertiary/aromatic N) is 2. The summed E-state index contributed by atoms with van der Waals surface area (Å²) in [6.45, 7) is 0.539. The molecule has 2 aromatic rings. The maximum atomic E-state index is 13.0. The van der Waals surface area contributed by atoms with Crippen molar-refractivity contribution in [1.29, 1.82) is 0 Å². The van der Waals surface area contributed by atoms with Gasteiger partial charge in [0.2, 0.25) is 0 Å². The molecule has 2 saturated heterocycles. The minimum absolute atomic E-state index is 0.0445. The van der Waals surface area contributed by atoms with Crippen LogP contribution in [0.2, 0.25) is 0 Å². The van der Waals surface area contributed by atoms with Gasteiger partial charge in [0.05, 0.1) is 38.4 Å². The van der Waals surface area contributed by atoms with E-state index in [0.717, 1.165) is 28.6 Å². The number of amides is 1. The van der Waals surface area contributed by atoms with E-state index in [2.05, 4.69) is 14.1 Å². The van der Waals surface area contributed by atoms with E-state index in [-0.39, 0.29) is 12.2 Å². The van der Waals surface area contributed by atoms with Gasteiger partial charge in [-0.3, -0.25) is 4.90 Å². The first-order chi connectivity index (χ1) is 12.5. The van der Waals surface area contributed by atoms with Crippen molar-refractivity contribution in [1.82, 2.24) is 0 Å². The Morgan fingerprint density at radius 2 is 1.85 bits per heavy atom. The zero-order valence-electron chi connectivity index (χ0n) is 15.5. The van der Waals surface area contributed by atoms with Crippen LogP contribution in [-0.4, -0.2) is 42.9 Å². The first kappa shape index (κ1) is 17.6. The van der Waals surface area contributed by atoms with Crippen LogP contribution in [0.5, 0.6) is 0 Å². The van der Waals surface area contributed by atoms with Crippen molar-refractivity contribution >= 4 is 23.1 Å². The first-order valence-electron chi connectivity index (χ1n) is 9.41. The minimum atomic E-state index is -0.219. The molecule has 2 fully saturated rings. The molecule has 0 radical (unpaired) electrons. The van der Waals surface area contributed by atoms with E-state index < -0.39 is 0 Å². The van der Waals surface area contributed by atoms with Crippen LogP contribution < -0.4 is 4.90 Å². The highest BCUT2D eigenvalue weighted by molar-refractivity contribution is 7.08. The van der Waals surface area contributed by atoms with Crippen LogP contribution in [0.25, 0.3) is 0 Å². The molecule has 1 aromatic carbocycles. The third-order valence-corrected chi connectivity index (χ3v) is 6.95. The third kappa shape index (κ3) is 3.38. The lowest BCUT2D eigenvalue weighted by Crippen LogP contribution is -2.56. The molecule has 2 aliphatic rings. The molecule has 1 unspecified atom stereocenters. The molecular formula is C21H27N2O2S+.